The molecule has 3 rings (SSSR count). The summed E-state index contributed by atoms with van der Waals surface area (Å²) in [6.07, 6.45) is 1.61. The van der Waals surface area contributed by atoms with Crippen LogP contribution < -0.4 is 10.2 Å². The third-order valence-corrected chi connectivity index (χ3v) is 4.23. The second-order valence-electron chi connectivity index (χ2n) is 6.40. The maximum atomic E-state index is 12.6. The SMILES string of the molecule is C=C(C)c1c(OCc2ccccc2)[nH]c(CCc2ccccc2)cc1=O. The quantitative estimate of drug-likeness (QED) is 0.670. The molecule has 0 saturated carbocycles. The van der Waals surface area contributed by atoms with Crippen LogP contribution in [0.4, 0.5) is 0 Å². The van der Waals surface area contributed by atoms with Gasteiger partial charge in [-0.1, -0.05) is 67.2 Å². The second kappa shape index (κ2) is 8.34. The van der Waals surface area contributed by atoms with E-state index in [4.69, 9.17) is 4.74 Å². The average Bonchev–Trinajstić information content (AvgIpc) is 2.66. The molecule has 0 aliphatic carbocycles. The normalized spacial score (nSPS) is 10.5. The van der Waals surface area contributed by atoms with Crippen LogP contribution in [0.2, 0.25) is 0 Å². The Labute approximate surface area is 154 Å². The first-order valence-corrected chi connectivity index (χ1v) is 8.76. The van der Waals surface area contributed by atoms with Gasteiger partial charge < -0.3 is 9.72 Å². The molecule has 1 heterocycles. The monoisotopic (exact) mass is 345 g/mol. The van der Waals surface area contributed by atoms with E-state index in [0.29, 0.717) is 23.6 Å². The molecule has 0 aliphatic heterocycles. The van der Waals surface area contributed by atoms with E-state index >= 15 is 0 Å². The highest BCUT2D eigenvalue weighted by Crippen LogP contribution is 2.21. The van der Waals surface area contributed by atoms with E-state index in [1.165, 1.54) is 5.56 Å². The van der Waals surface area contributed by atoms with E-state index < -0.39 is 0 Å². The number of benzene rings is 2. The Bertz CT molecular complexity index is 927. The van der Waals surface area contributed by atoms with Crippen LogP contribution in [0.3, 0.4) is 0 Å². The summed E-state index contributed by atoms with van der Waals surface area (Å²) in [5.41, 5.74) is 4.32. The summed E-state index contributed by atoms with van der Waals surface area (Å²) in [5.74, 6) is 0.497. The first-order chi connectivity index (χ1) is 12.6. The third kappa shape index (κ3) is 4.51. The third-order valence-electron chi connectivity index (χ3n) is 4.23. The number of hydrogen-bond acceptors (Lipinski definition) is 2. The Morgan fingerprint density at radius 1 is 0.962 bits per heavy atom. The molecule has 0 amide bonds. The van der Waals surface area contributed by atoms with E-state index in [0.717, 1.165) is 24.1 Å². The van der Waals surface area contributed by atoms with Gasteiger partial charge in [0.2, 0.25) is 5.88 Å². The molecule has 3 heteroatoms. The highest BCUT2D eigenvalue weighted by Gasteiger charge is 2.12. The van der Waals surface area contributed by atoms with Crippen LogP contribution in [0.15, 0.2) is 78.1 Å². The summed E-state index contributed by atoms with van der Waals surface area (Å²) in [6, 6.07) is 21.8. The van der Waals surface area contributed by atoms with Gasteiger partial charge in [-0.05, 0) is 36.5 Å². The van der Waals surface area contributed by atoms with Gasteiger partial charge in [-0.2, -0.15) is 0 Å². The van der Waals surface area contributed by atoms with Crippen LogP contribution in [-0.4, -0.2) is 4.98 Å². The highest BCUT2D eigenvalue weighted by molar-refractivity contribution is 5.65. The molecule has 1 aromatic heterocycles. The van der Waals surface area contributed by atoms with Gasteiger partial charge in [-0.15, -0.1) is 0 Å². The van der Waals surface area contributed by atoms with Crippen molar-refractivity contribution in [3.05, 3.63) is 106 Å². The first-order valence-electron chi connectivity index (χ1n) is 8.76. The minimum absolute atomic E-state index is 0.0534. The van der Waals surface area contributed by atoms with E-state index in [-0.39, 0.29) is 5.43 Å². The molecule has 3 nitrogen and oxygen atoms in total. The van der Waals surface area contributed by atoms with Crippen molar-refractivity contribution in [3.8, 4) is 5.88 Å². The van der Waals surface area contributed by atoms with Gasteiger partial charge in [-0.25, -0.2) is 0 Å². The van der Waals surface area contributed by atoms with Gasteiger partial charge in [0.05, 0.1) is 5.56 Å². The standard InChI is InChI=1S/C23H23NO2/c1-17(2)22-21(25)15-20(14-13-18-9-5-3-6-10-18)24-23(22)26-16-19-11-7-4-8-12-19/h3-12,15H,1,13-14,16H2,2H3,(H,24,25). The molecule has 0 aliphatic rings. The van der Waals surface area contributed by atoms with Crippen molar-refractivity contribution in [2.24, 2.45) is 0 Å². The fraction of sp³-hybridized carbons (Fsp3) is 0.174. The number of rotatable bonds is 7. The van der Waals surface area contributed by atoms with Crippen LogP contribution in [0, 0.1) is 0 Å². The highest BCUT2D eigenvalue weighted by atomic mass is 16.5. The Morgan fingerprint density at radius 2 is 1.58 bits per heavy atom. The molecule has 0 bridgehead atoms. The lowest BCUT2D eigenvalue weighted by atomic mass is 10.1. The smallest absolute Gasteiger partial charge is 0.203 e. The Balaban J connectivity index is 1.82. The van der Waals surface area contributed by atoms with Gasteiger partial charge in [0.1, 0.15) is 6.61 Å². The number of aryl methyl sites for hydroxylation is 2. The molecule has 0 atom stereocenters. The molecule has 2 aromatic carbocycles. The van der Waals surface area contributed by atoms with Crippen LogP contribution in [0.25, 0.3) is 5.57 Å². The lowest BCUT2D eigenvalue weighted by Crippen LogP contribution is -2.14. The van der Waals surface area contributed by atoms with Crippen molar-refractivity contribution in [3.63, 3.8) is 0 Å². The van der Waals surface area contributed by atoms with E-state index in [1.54, 1.807) is 6.07 Å². The molecular formula is C23H23NO2. The van der Waals surface area contributed by atoms with Crippen molar-refractivity contribution in [2.45, 2.75) is 26.4 Å². The molecule has 132 valence electrons. The van der Waals surface area contributed by atoms with Crippen LogP contribution in [0.1, 0.15) is 29.3 Å². The van der Waals surface area contributed by atoms with Crippen LogP contribution >= 0.6 is 0 Å². The summed E-state index contributed by atoms with van der Waals surface area (Å²) in [6.45, 7) is 6.15. The largest absolute Gasteiger partial charge is 0.474 e. The average molecular weight is 345 g/mol. The van der Waals surface area contributed by atoms with Gasteiger partial charge in [-0.3, -0.25) is 4.79 Å². The summed E-state index contributed by atoms with van der Waals surface area (Å²) in [5, 5.41) is 0. The van der Waals surface area contributed by atoms with Gasteiger partial charge in [0, 0.05) is 11.8 Å². The maximum Gasteiger partial charge on any atom is 0.203 e. The van der Waals surface area contributed by atoms with Crippen molar-refractivity contribution in [1.82, 2.24) is 4.98 Å². The molecule has 0 unspecified atom stereocenters. The lowest BCUT2D eigenvalue weighted by molar-refractivity contribution is 0.291. The number of aromatic nitrogens is 1. The number of ether oxygens (including phenoxy) is 1. The van der Waals surface area contributed by atoms with E-state index in [9.17, 15) is 4.79 Å². The first kappa shape index (κ1) is 17.7. The molecule has 1 N–H and O–H groups in total. The fourth-order valence-electron chi connectivity index (χ4n) is 2.89. The predicted octanol–water partition coefficient (Wildman–Crippen LogP) is 4.77. The number of pyridine rings is 1. The van der Waals surface area contributed by atoms with E-state index in [2.05, 4.69) is 23.7 Å². The zero-order valence-corrected chi connectivity index (χ0v) is 15.0. The molecule has 0 fully saturated rings. The molecule has 26 heavy (non-hydrogen) atoms. The predicted molar refractivity (Wildman–Crippen MR) is 106 cm³/mol. The summed E-state index contributed by atoms with van der Waals surface area (Å²) < 4.78 is 5.94. The number of aromatic amines is 1. The Kier molecular flexibility index (Phi) is 5.69. The van der Waals surface area contributed by atoms with E-state index in [1.807, 2.05) is 55.5 Å². The van der Waals surface area contributed by atoms with Crippen LogP contribution in [0.5, 0.6) is 5.88 Å². The molecule has 0 saturated heterocycles. The Morgan fingerprint density at radius 3 is 2.19 bits per heavy atom. The summed E-state index contributed by atoms with van der Waals surface area (Å²) >= 11 is 0. The molecule has 0 radical (unpaired) electrons. The Hall–Kier alpha value is -3.07. The zero-order chi connectivity index (χ0) is 18.4. The van der Waals surface area contributed by atoms with Crippen LogP contribution in [-0.2, 0) is 19.4 Å². The second-order valence-corrected chi connectivity index (χ2v) is 6.40. The van der Waals surface area contributed by atoms with Gasteiger partial charge in [0.15, 0.2) is 5.43 Å². The number of nitrogens with one attached hydrogen (secondary N) is 1. The number of H-pyrrole nitrogens is 1. The molecule has 3 aromatic rings. The molecular weight excluding hydrogens is 322 g/mol. The van der Waals surface area contributed by atoms with Gasteiger partial charge in [0.25, 0.3) is 0 Å². The van der Waals surface area contributed by atoms with Crippen molar-refractivity contribution in [1.29, 1.82) is 0 Å². The number of allylic oxidation sites excluding steroid dienone is 1. The zero-order valence-electron chi connectivity index (χ0n) is 15.0. The topological polar surface area (TPSA) is 42.1 Å². The van der Waals surface area contributed by atoms with Crippen molar-refractivity contribution in [2.75, 3.05) is 0 Å². The fourth-order valence-corrected chi connectivity index (χ4v) is 2.89. The summed E-state index contributed by atoms with van der Waals surface area (Å²) in [4.78, 5) is 15.9. The number of hydrogen-bond donors (Lipinski definition) is 1. The minimum Gasteiger partial charge on any atom is -0.474 e. The van der Waals surface area contributed by atoms with Crippen molar-refractivity contribution < 1.29 is 4.74 Å². The molecule has 0 spiro atoms. The summed E-state index contributed by atoms with van der Waals surface area (Å²) in [7, 11) is 0. The maximum absolute atomic E-state index is 12.6. The van der Waals surface area contributed by atoms with Gasteiger partial charge >= 0.3 is 0 Å². The lowest BCUT2D eigenvalue weighted by Gasteiger charge is -2.13. The van der Waals surface area contributed by atoms with Crippen molar-refractivity contribution >= 4 is 5.57 Å². The minimum atomic E-state index is -0.0534.